The lowest BCUT2D eigenvalue weighted by Gasteiger charge is -2.08. The Bertz CT molecular complexity index is 566. The third kappa shape index (κ3) is 2.90. The van der Waals surface area contributed by atoms with E-state index in [0.29, 0.717) is 19.0 Å². The van der Waals surface area contributed by atoms with Crippen LogP contribution < -0.4 is 4.74 Å². The molecule has 0 aliphatic carbocycles. The first-order chi connectivity index (χ1) is 9.26. The van der Waals surface area contributed by atoms with Gasteiger partial charge in [0.15, 0.2) is 5.69 Å². The van der Waals surface area contributed by atoms with E-state index in [4.69, 9.17) is 9.47 Å². The van der Waals surface area contributed by atoms with Crippen LogP contribution in [0.3, 0.4) is 0 Å². The minimum Gasteiger partial charge on any atom is -0.492 e. The van der Waals surface area contributed by atoms with Gasteiger partial charge in [-0.15, -0.1) is 5.10 Å². The third-order valence-electron chi connectivity index (χ3n) is 2.39. The van der Waals surface area contributed by atoms with Gasteiger partial charge in [0.25, 0.3) is 0 Å². The van der Waals surface area contributed by atoms with E-state index < -0.39 is 5.97 Å². The molecule has 0 amide bonds. The van der Waals surface area contributed by atoms with Crippen molar-refractivity contribution in [3.8, 4) is 11.4 Å². The van der Waals surface area contributed by atoms with Gasteiger partial charge in [-0.25, -0.2) is 9.48 Å². The van der Waals surface area contributed by atoms with E-state index in [1.54, 1.807) is 6.92 Å². The highest BCUT2D eigenvalue weighted by atomic mass is 16.5. The van der Waals surface area contributed by atoms with Gasteiger partial charge in [0, 0.05) is 0 Å². The summed E-state index contributed by atoms with van der Waals surface area (Å²) in [7, 11) is 0. The zero-order valence-corrected chi connectivity index (χ0v) is 10.9. The maximum absolute atomic E-state index is 11.5. The Kier molecular flexibility index (Phi) is 4.12. The molecule has 2 rings (SSSR count). The quantitative estimate of drug-likeness (QED) is 0.768. The van der Waals surface area contributed by atoms with Gasteiger partial charge < -0.3 is 9.47 Å². The first kappa shape index (κ1) is 13.1. The fraction of sp³-hybridized carbons (Fsp3) is 0.308. The van der Waals surface area contributed by atoms with Gasteiger partial charge in [0.1, 0.15) is 11.4 Å². The summed E-state index contributed by atoms with van der Waals surface area (Å²) in [6.45, 7) is 4.51. The first-order valence-corrected chi connectivity index (χ1v) is 6.08. The SMILES string of the molecule is CCOC(=O)c1cn(-c2ccccc2OCC)nn1. The summed E-state index contributed by atoms with van der Waals surface area (Å²) in [5.74, 6) is 0.202. The number of ether oxygens (including phenoxy) is 2. The number of carbonyl (C=O) groups is 1. The monoisotopic (exact) mass is 261 g/mol. The number of hydrogen-bond acceptors (Lipinski definition) is 5. The second-order valence-corrected chi connectivity index (χ2v) is 3.67. The number of benzene rings is 1. The molecule has 1 aromatic carbocycles. The van der Waals surface area contributed by atoms with Gasteiger partial charge in [0.05, 0.1) is 19.4 Å². The Labute approximate surface area is 110 Å². The van der Waals surface area contributed by atoms with Crippen LogP contribution in [0.2, 0.25) is 0 Å². The molecule has 0 aliphatic rings. The zero-order chi connectivity index (χ0) is 13.7. The summed E-state index contributed by atoms with van der Waals surface area (Å²) in [6.07, 6.45) is 1.52. The molecule has 100 valence electrons. The Morgan fingerprint density at radius 2 is 2.05 bits per heavy atom. The number of rotatable bonds is 5. The molecule has 19 heavy (non-hydrogen) atoms. The van der Waals surface area contributed by atoms with Gasteiger partial charge in [-0.05, 0) is 26.0 Å². The molecule has 1 heterocycles. The lowest BCUT2D eigenvalue weighted by molar-refractivity contribution is 0.0519. The molecule has 0 spiro atoms. The number of nitrogens with zero attached hydrogens (tertiary/aromatic N) is 3. The molecule has 0 fully saturated rings. The van der Waals surface area contributed by atoms with Crippen molar-refractivity contribution in [2.24, 2.45) is 0 Å². The maximum atomic E-state index is 11.5. The van der Waals surface area contributed by atoms with Crippen molar-refractivity contribution < 1.29 is 14.3 Å². The van der Waals surface area contributed by atoms with Crippen molar-refractivity contribution >= 4 is 5.97 Å². The highest BCUT2D eigenvalue weighted by molar-refractivity contribution is 5.86. The fourth-order valence-corrected chi connectivity index (χ4v) is 1.60. The second kappa shape index (κ2) is 5.99. The number of para-hydroxylation sites is 2. The standard InChI is InChI=1S/C13H15N3O3/c1-3-18-12-8-6-5-7-11(12)16-9-10(14-15-16)13(17)19-4-2/h5-9H,3-4H2,1-2H3. The lowest BCUT2D eigenvalue weighted by atomic mass is 10.3. The summed E-state index contributed by atoms with van der Waals surface area (Å²) in [5.41, 5.74) is 0.903. The van der Waals surface area contributed by atoms with Crippen LogP contribution in [-0.4, -0.2) is 34.2 Å². The normalized spacial score (nSPS) is 10.2. The van der Waals surface area contributed by atoms with E-state index in [0.717, 1.165) is 5.69 Å². The summed E-state index contributed by atoms with van der Waals surface area (Å²) in [4.78, 5) is 11.5. The summed E-state index contributed by atoms with van der Waals surface area (Å²) < 4.78 is 11.9. The molecular weight excluding hydrogens is 246 g/mol. The summed E-state index contributed by atoms with van der Waals surface area (Å²) in [6, 6.07) is 7.42. The molecule has 0 unspecified atom stereocenters. The maximum Gasteiger partial charge on any atom is 0.360 e. The predicted octanol–water partition coefficient (Wildman–Crippen LogP) is 1.84. The predicted molar refractivity (Wildman–Crippen MR) is 68.5 cm³/mol. The summed E-state index contributed by atoms with van der Waals surface area (Å²) >= 11 is 0. The highest BCUT2D eigenvalue weighted by Crippen LogP contribution is 2.21. The van der Waals surface area contributed by atoms with Gasteiger partial charge in [-0.2, -0.15) is 0 Å². The van der Waals surface area contributed by atoms with Crippen molar-refractivity contribution in [2.45, 2.75) is 13.8 Å². The number of esters is 1. The Morgan fingerprint density at radius 3 is 2.79 bits per heavy atom. The van der Waals surface area contributed by atoms with Crippen LogP contribution in [0.4, 0.5) is 0 Å². The third-order valence-corrected chi connectivity index (χ3v) is 2.39. The molecule has 0 saturated carbocycles. The van der Waals surface area contributed by atoms with E-state index in [-0.39, 0.29) is 5.69 Å². The number of carbonyl (C=O) groups excluding carboxylic acids is 1. The molecular formula is C13H15N3O3. The Morgan fingerprint density at radius 1 is 1.26 bits per heavy atom. The fourth-order valence-electron chi connectivity index (χ4n) is 1.60. The van der Waals surface area contributed by atoms with Crippen LogP contribution in [0.25, 0.3) is 5.69 Å². The zero-order valence-electron chi connectivity index (χ0n) is 10.9. The van der Waals surface area contributed by atoms with E-state index in [1.807, 2.05) is 31.2 Å². The molecule has 0 bridgehead atoms. The van der Waals surface area contributed by atoms with Crippen molar-refractivity contribution in [2.75, 3.05) is 13.2 Å². The van der Waals surface area contributed by atoms with Crippen LogP contribution in [0, 0.1) is 0 Å². The smallest absolute Gasteiger partial charge is 0.360 e. The average molecular weight is 261 g/mol. The van der Waals surface area contributed by atoms with Crippen LogP contribution in [0.5, 0.6) is 5.75 Å². The number of aromatic nitrogens is 3. The van der Waals surface area contributed by atoms with Crippen LogP contribution in [0.15, 0.2) is 30.5 Å². The van der Waals surface area contributed by atoms with Crippen LogP contribution >= 0.6 is 0 Å². The van der Waals surface area contributed by atoms with Gasteiger partial charge in [-0.3, -0.25) is 0 Å². The molecule has 0 aliphatic heterocycles. The first-order valence-electron chi connectivity index (χ1n) is 6.08. The molecule has 1 aromatic heterocycles. The van der Waals surface area contributed by atoms with Crippen LogP contribution in [-0.2, 0) is 4.74 Å². The molecule has 6 nitrogen and oxygen atoms in total. The second-order valence-electron chi connectivity index (χ2n) is 3.67. The van der Waals surface area contributed by atoms with E-state index in [9.17, 15) is 4.79 Å². The van der Waals surface area contributed by atoms with Gasteiger partial charge in [0.2, 0.25) is 0 Å². The Balaban J connectivity index is 2.30. The largest absolute Gasteiger partial charge is 0.492 e. The van der Waals surface area contributed by atoms with Crippen molar-refractivity contribution in [3.05, 3.63) is 36.2 Å². The molecule has 0 atom stereocenters. The van der Waals surface area contributed by atoms with E-state index >= 15 is 0 Å². The number of hydrogen-bond donors (Lipinski definition) is 0. The summed E-state index contributed by atoms with van der Waals surface area (Å²) in [5, 5.41) is 7.71. The molecule has 2 aromatic rings. The highest BCUT2D eigenvalue weighted by Gasteiger charge is 2.14. The average Bonchev–Trinajstić information content (AvgIpc) is 2.90. The van der Waals surface area contributed by atoms with E-state index in [2.05, 4.69) is 10.3 Å². The molecule has 0 N–H and O–H groups in total. The van der Waals surface area contributed by atoms with E-state index in [1.165, 1.54) is 10.9 Å². The minimum atomic E-state index is -0.484. The van der Waals surface area contributed by atoms with Gasteiger partial charge in [-0.1, -0.05) is 17.3 Å². The van der Waals surface area contributed by atoms with Crippen LogP contribution in [0.1, 0.15) is 24.3 Å². The molecule has 0 saturated heterocycles. The van der Waals surface area contributed by atoms with Crippen molar-refractivity contribution in [1.82, 2.24) is 15.0 Å². The topological polar surface area (TPSA) is 66.2 Å². The lowest BCUT2D eigenvalue weighted by Crippen LogP contribution is -2.04. The minimum absolute atomic E-state index is 0.174. The van der Waals surface area contributed by atoms with Crippen molar-refractivity contribution in [3.63, 3.8) is 0 Å². The van der Waals surface area contributed by atoms with Gasteiger partial charge >= 0.3 is 5.97 Å². The Hall–Kier alpha value is -2.37. The molecule has 6 heteroatoms. The van der Waals surface area contributed by atoms with Crippen molar-refractivity contribution in [1.29, 1.82) is 0 Å². The molecule has 0 radical (unpaired) electrons.